The summed E-state index contributed by atoms with van der Waals surface area (Å²) >= 11 is 0. The number of carboxylic acids is 1. The van der Waals surface area contributed by atoms with Crippen LogP contribution in [0, 0.1) is 11.8 Å². The minimum atomic E-state index is -0.882. The molecule has 0 aromatic heterocycles. The van der Waals surface area contributed by atoms with Gasteiger partial charge < -0.3 is 15.2 Å². The number of aliphatic carboxylic acids is 1. The molecule has 2 rings (SSSR count). The van der Waals surface area contributed by atoms with Crippen LogP contribution in [0.1, 0.15) is 12.8 Å². The SMILES string of the molecule is O=C(O)[C@H]1C[C@H]1C(=O)NCCCOc1ccccc1. The van der Waals surface area contributed by atoms with Crippen molar-refractivity contribution in [2.45, 2.75) is 12.8 Å². The lowest BCUT2D eigenvalue weighted by atomic mass is 10.3. The first-order chi connectivity index (χ1) is 9.18. The molecule has 1 aliphatic carbocycles. The molecule has 1 saturated carbocycles. The van der Waals surface area contributed by atoms with Gasteiger partial charge in [0.15, 0.2) is 0 Å². The maximum atomic E-state index is 11.5. The summed E-state index contributed by atoms with van der Waals surface area (Å²) in [6.45, 7) is 1.03. The summed E-state index contributed by atoms with van der Waals surface area (Å²) in [5, 5.41) is 11.4. The Kier molecular flexibility index (Phi) is 4.39. The molecule has 102 valence electrons. The van der Waals surface area contributed by atoms with E-state index in [1.54, 1.807) is 0 Å². The van der Waals surface area contributed by atoms with Gasteiger partial charge in [0.05, 0.1) is 18.4 Å². The van der Waals surface area contributed by atoms with Crippen molar-refractivity contribution in [3.63, 3.8) is 0 Å². The van der Waals surface area contributed by atoms with E-state index in [4.69, 9.17) is 9.84 Å². The normalized spacial score (nSPS) is 20.6. The van der Waals surface area contributed by atoms with Gasteiger partial charge in [-0.3, -0.25) is 9.59 Å². The van der Waals surface area contributed by atoms with Gasteiger partial charge >= 0.3 is 5.97 Å². The number of ether oxygens (including phenoxy) is 1. The molecule has 0 radical (unpaired) electrons. The van der Waals surface area contributed by atoms with E-state index in [9.17, 15) is 9.59 Å². The van der Waals surface area contributed by atoms with E-state index >= 15 is 0 Å². The van der Waals surface area contributed by atoms with Crippen molar-refractivity contribution in [1.82, 2.24) is 5.32 Å². The first-order valence-electron chi connectivity index (χ1n) is 6.37. The van der Waals surface area contributed by atoms with E-state index in [1.807, 2.05) is 30.3 Å². The largest absolute Gasteiger partial charge is 0.494 e. The fourth-order valence-electron chi connectivity index (χ4n) is 1.88. The third-order valence-electron chi connectivity index (χ3n) is 3.08. The van der Waals surface area contributed by atoms with Crippen LogP contribution < -0.4 is 10.1 Å². The number of hydrogen-bond acceptors (Lipinski definition) is 3. The maximum absolute atomic E-state index is 11.5. The van der Waals surface area contributed by atoms with E-state index in [0.29, 0.717) is 26.0 Å². The average Bonchev–Trinajstić information content (AvgIpc) is 3.20. The van der Waals surface area contributed by atoms with Crippen LogP contribution >= 0.6 is 0 Å². The van der Waals surface area contributed by atoms with E-state index in [2.05, 4.69) is 5.32 Å². The van der Waals surface area contributed by atoms with Crippen LogP contribution in [0.4, 0.5) is 0 Å². The molecule has 2 N–H and O–H groups in total. The molecule has 5 heteroatoms. The molecule has 0 saturated heterocycles. The first-order valence-corrected chi connectivity index (χ1v) is 6.37. The highest BCUT2D eigenvalue weighted by molar-refractivity contribution is 5.89. The van der Waals surface area contributed by atoms with Crippen LogP contribution in [0.15, 0.2) is 30.3 Å². The van der Waals surface area contributed by atoms with Gasteiger partial charge in [0.25, 0.3) is 0 Å². The maximum Gasteiger partial charge on any atom is 0.307 e. The molecule has 1 aromatic rings. The topological polar surface area (TPSA) is 75.6 Å². The molecular formula is C14H17NO4. The highest BCUT2D eigenvalue weighted by Gasteiger charge is 2.48. The van der Waals surface area contributed by atoms with Crippen molar-refractivity contribution in [2.24, 2.45) is 11.8 Å². The number of para-hydroxylation sites is 1. The van der Waals surface area contributed by atoms with Crippen molar-refractivity contribution in [2.75, 3.05) is 13.2 Å². The van der Waals surface area contributed by atoms with Crippen molar-refractivity contribution >= 4 is 11.9 Å². The molecule has 5 nitrogen and oxygen atoms in total. The van der Waals surface area contributed by atoms with E-state index < -0.39 is 11.9 Å². The lowest BCUT2D eigenvalue weighted by Gasteiger charge is -2.07. The number of benzene rings is 1. The van der Waals surface area contributed by atoms with Gasteiger partial charge in [-0.1, -0.05) is 18.2 Å². The second-order valence-electron chi connectivity index (χ2n) is 4.59. The summed E-state index contributed by atoms with van der Waals surface area (Å²) in [6, 6.07) is 9.47. The van der Waals surface area contributed by atoms with Crippen LogP contribution in [0.25, 0.3) is 0 Å². The number of carboxylic acid groups (broad SMARTS) is 1. The van der Waals surface area contributed by atoms with E-state index in [1.165, 1.54) is 0 Å². The molecule has 1 aliphatic rings. The second-order valence-corrected chi connectivity index (χ2v) is 4.59. The Morgan fingerprint density at radius 1 is 1.26 bits per heavy atom. The standard InChI is InChI=1S/C14H17NO4/c16-13(11-9-12(11)14(17)18)15-7-4-8-19-10-5-2-1-3-6-10/h1-3,5-6,11-12H,4,7-9H2,(H,15,16)(H,17,18)/t11-,12+/m1/s1. The second kappa shape index (κ2) is 6.22. The molecule has 0 heterocycles. The van der Waals surface area contributed by atoms with Gasteiger partial charge in [-0.05, 0) is 25.0 Å². The number of hydrogen-bond donors (Lipinski definition) is 2. The molecule has 1 amide bonds. The molecule has 1 fully saturated rings. The molecular weight excluding hydrogens is 246 g/mol. The lowest BCUT2D eigenvalue weighted by molar-refractivity contribution is -0.140. The Bertz CT molecular complexity index is 446. The zero-order valence-electron chi connectivity index (χ0n) is 10.5. The lowest BCUT2D eigenvalue weighted by Crippen LogP contribution is -2.28. The predicted octanol–water partition coefficient (Wildman–Crippen LogP) is 1.29. The van der Waals surface area contributed by atoms with Crippen LogP contribution in [0.2, 0.25) is 0 Å². The summed E-state index contributed by atoms with van der Waals surface area (Å²) in [7, 11) is 0. The highest BCUT2D eigenvalue weighted by Crippen LogP contribution is 2.38. The third kappa shape index (κ3) is 3.98. The minimum Gasteiger partial charge on any atom is -0.494 e. The Hall–Kier alpha value is -2.04. The van der Waals surface area contributed by atoms with Crippen molar-refractivity contribution in [3.8, 4) is 5.75 Å². The van der Waals surface area contributed by atoms with Gasteiger partial charge in [-0.2, -0.15) is 0 Å². The monoisotopic (exact) mass is 263 g/mol. The number of rotatable bonds is 7. The Morgan fingerprint density at radius 2 is 2.00 bits per heavy atom. The average molecular weight is 263 g/mol. The first kappa shape index (κ1) is 13.4. The van der Waals surface area contributed by atoms with Gasteiger partial charge in [-0.25, -0.2) is 0 Å². The Morgan fingerprint density at radius 3 is 2.63 bits per heavy atom. The number of amides is 1. The molecule has 19 heavy (non-hydrogen) atoms. The van der Waals surface area contributed by atoms with Gasteiger partial charge in [0.1, 0.15) is 5.75 Å². The van der Waals surface area contributed by atoms with E-state index in [0.717, 1.165) is 5.75 Å². The van der Waals surface area contributed by atoms with Crippen molar-refractivity contribution in [1.29, 1.82) is 0 Å². The molecule has 0 spiro atoms. The predicted molar refractivity (Wildman–Crippen MR) is 68.8 cm³/mol. The molecule has 1 aromatic carbocycles. The fraction of sp³-hybridized carbons (Fsp3) is 0.429. The molecule has 0 unspecified atom stereocenters. The summed E-state index contributed by atoms with van der Waals surface area (Å²) in [6.07, 6.45) is 1.16. The van der Waals surface area contributed by atoms with Gasteiger partial charge in [0.2, 0.25) is 5.91 Å². The van der Waals surface area contributed by atoms with E-state index in [-0.39, 0.29) is 11.8 Å². The fourth-order valence-corrected chi connectivity index (χ4v) is 1.88. The molecule has 0 bridgehead atoms. The summed E-state index contributed by atoms with van der Waals surface area (Å²) in [4.78, 5) is 22.1. The number of carbonyl (C=O) groups excluding carboxylic acids is 1. The zero-order chi connectivity index (χ0) is 13.7. The highest BCUT2D eigenvalue weighted by atomic mass is 16.5. The Labute approximate surface area is 111 Å². The molecule has 0 aliphatic heterocycles. The minimum absolute atomic E-state index is 0.160. The summed E-state index contributed by atoms with van der Waals surface area (Å²) in [5.74, 6) is -1.06. The quantitative estimate of drug-likeness (QED) is 0.727. The Balaban J connectivity index is 1.55. The van der Waals surface area contributed by atoms with Crippen LogP contribution in [-0.4, -0.2) is 30.1 Å². The van der Waals surface area contributed by atoms with Crippen LogP contribution in [0.3, 0.4) is 0 Å². The van der Waals surface area contributed by atoms with Gasteiger partial charge in [0, 0.05) is 6.54 Å². The number of nitrogens with one attached hydrogen (secondary N) is 1. The van der Waals surface area contributed by atoms with Crippen molar-refractivity contribution < 1.29 is 19.4 Å². The van der Waals surface area contributed by atoms with Crippen LogP contribution in [-0.2, 0) is 9.59 Å². The summed E-state index contributed by atoms with van der Waals surface area (Å²) < 4.78 is 5.48. The number of carbonyl (C=O) groups is 2. The smallest absolute Gasteiger partial charge is 0.307 e. The zero-order valence-corrected chi connectivity index (χ0v) is 10.5. The summed E-state index contributed by atoms with van der Waals surface area (Å²) in [5.41, 5.74) is 0. The van der Waals surface area contributed by atoms with Crippen LogP contribution in [0.5, 0.6) is 5.75 Å². The van der Waals surface area contributed by atoms with Gasteiger partial charge in [-0.15, -0.1) is 0 Å². The van der Waals surface area contributed by atoms with Crippen molar-refractivity contribution in [3.05, 3.63) is 30.3 Å². The molecule has 2 atom stereocenters. The third-order valence-corrected chi connectivity index (χ3v) is 3.08.